The number of likely N-dealkylation sites (tertiary alicyclic amines) is 1. The standard InChI is InChI=1S/C23H29NO3/c1-17(2)14-23(16-25)11-4-12-24(15-23)22(27)19-9-7-18(8-10-19)20-5-3-6-21(26)13-20/h3,5-10,13,17,25-26H,4,11-12,14-16H2,1-2H3/t23-/m0/s1. The van der Waals surface area contributed by atoms with E-state index in [4.69, 9.17) is 0 Å². The van der Waals surface area contributed by atoms with E-state index in [0.717, 1.165) is 36.9 Å². The van der Waals surface area contributed by atoms with E-state index >= 15 is 0 Å². The van der Waals surface area contributed by atoms with Gasteiger partial charge in [0.2, 0.25) is 0 Å². The van der Waals surface area contributed by atoms with E-state index in [1.807, 2.05) is 35.2 Å². The predicted octanol–water partition coefficient (Wildman–Crippen LogP) is 4.32. The Labute approximate surface area is 161 Å². The largest absolute Gasteiger partial charge is 0.508 e. The molecule has 1 saturated heterocycles. The number of piperidine rings is 1. The zero-order valence-electron chi connectivity index (χ0n) is 16.2. The van der Waals surface area contributed by atoms with E-state index in [0.29, 0.717) is 18.0 Å². The molecule has 1 aliphatic rings. The van der Waals surface area contributed by atoms with E-state index in [2.05, 4.69) is 13.8 Å². The van der Waals surface area contributed by atoms with Gasteiger partial charge in [-0.3, -0.25) is 4.79 Å². The molecule has 144 valence electrons. The number of amides is 1. The Morgan fingerprint density at radius 2 is 1.89 bits per heavy atom. The van der Waals surface area contributed by atoms with Crippen LogP contribution in [0.15, 0.2) is 48.5 Å². The molecule has 0 unspecified atom stereocenters. The van der Waals surface area contributed by atoms with Crippen molar-refractivity contribution in [3.05, 3.63) is 54.1 Å². The third-order valence-electron chi connectivity index (χ3n) is 5.44. The lowest BCUT2D eigenvalue weighted by Crippen LogP contribution is -2.48. The van der Waals surface area contributed by atoms with Crippen LogP contribution in [0.4, 0.5) is 0 Å². The van der Waals surface area contributed by atoms with Gasteiger partial charge in [0.25, 0.3) is 5.91 Å². The Balaban J connectivity index is 1.75. The molecule has 4 heteroatoms. The summed E-state index contributed by atoms with van der Waals surface area (Å²) in [5, 5.41) is 19.6. The summed E-state index contributed by atoms with van der Waals surface area (Å²) in [5.74, 6) is 0.749. The molecule has 0 spiro atoms. The number of carbonyl (C=O) groups excluding carboxylic acids is 1. The molecule has 2 aromatic carbocycles. The third kappa shape index (κ3) is 4.51. The smallest absolute Gasteiger partial charge is 0.253 e. The second-order valence-corrected chi connectivity index (χ2v) is 8.21. The first-order chi connectivity index (χ1) is 12.9. The summed E-state index contributed by atoms with van der Waals surface area (Å²) in [6.07, 6.45) is 2.84. The molecule has 0 radical (unpaired) electrons. The predicted molar refractivity (Wildman–Crippen MR) is 108 cm³/mol. The number of benzene rings is 2. The van der Waals surface area contributed by atoms with Crippen LogP contribution in [-0.2, 0) is 0 Å². The zero-order chi connectivity index (χ0) is 19.4. The Kier molecular flexibility index (Phi) is 5.85. The van der Waals surface area contributed by atoms with Crippen molar-refractivity contribution in [2.24, 2.45) is 11.3 Å². The first-order valence-corrected chi connectivity index (χ1v) is 9.72. The lowest BCUT2D eigenvalue weighted by Gasteiger charge is -2.43. The normalized spacial score (nSPS) is 20.1. The molecular formula is C23H29NO3. The first kappa shape index (κ1) is 19.4. The number of aliphatic hydroxyl groups excluding tert-OH is 1. The third-order valence-corrected chi connectivity index (χ3v) is 5.44. The Morgan fingerprint density at radius 3 is 2.52 bits per heavy atom. The van der Waals surface area contributed by atoms with Crippen molar-refractivity contribution in [1.82, 2.24) is 4.90 Å². The SMILES string of the molecule is CC(C)C[C@@]1(CO)CCCN(C(=O)c2ccc(-c3cccc(O)c3)cc2)C1. The maximum Gasteiger partial charge on any atom is 0.253 e. The molecule has 1 atom stereocenters. The average Bonchev–Trinajstić information content (AvgIpc) is 2.67. The average molecular weight is 367 g/mol. The summed E-state index contributed by atoms with van der Waals surface area (Å²) in [5.41, 5.74) is 2.37. The first-order valence-electron chi connectivity index (χ1n) is 9.72. The molecule has 1 aliphatic heterocycles. The highest BCUT2D eigenvalue weighted by atomic mass is 16.3. The molecule has 3 rings (SSSR count). The highest BCUT2D eigenvalue weighted by Gasteiger charge is 2.37. The summed E-state index contributed by atoms with van der Waals surface area (Å²) in [6.45, 7) is 5.82. The number of aliphatic hydroxyl groups is 1. The highest BCUT2D eigenvalue weighted by molar-refractivity contribution is 5.94. The van der Waals surface area contributed by atoms with Gasteiger partial charge in [-0.15, -0.1) is 0 Å². The molecule has 1 amide bonds. The minimum absolute atomic E-state index is 0.0266. The summed E-state index contributed by atoms with van der Waals surface area (Å²) in [4.78, 5) is 14.9. The molecule has 27 heavy (non-hydrogen) atoms. The summed E-state index contributed by atoms with van der Waals surface area (Å²) in [6, 6.07) is 14.6. The summed E-state index contributed by atoms with van der Waals surface area (Å²) in [7, 11) is 0. The van der Waals surface area contributed by atoms with E-state index in [9.17, 15) is 15.0 Å². The number of phenols is 1. The lowest BCUT2D eigenvalue weighted by molar-refractivity contribution is 0.0160. The van der Waals surface area contributed by atoms with Crippen molar-refractivity contribution in [3.8, 4) is 16.9 Å². The molecule has 0 aromatic heterocycles. The van der Waals surface area contributed by atoms with Gasteiger partial charge in [0.1, 0.15) is 5.75 Å². The van der Waals surface area contributed by atoms with Crippen LogP contribution in [0.25, 0.3) is 11.1 Å². The maximum atomic E-state index is 13.0. The van der Waals surface area contributed by atoms with Gasteiger partial charge in [0, 0.05) is 24.1 Å². The number of hydrogen-bond acceptors (Lipinski definition) is 3. The molecule has 0 aliphatic carbocycles. The minimum Gasteiger partial charge on any atom is -0.508 e. The van der Waals surface area contributed by atoms with Crippen LogP contribution < -0.4 is 0 Å². The van der Waals surface area contributed by atoms with Gasteiger partial charge in [-0.1, -0.05) is 38.1 Å². The van der Waals surface area contributed by atoms with Crippen molar-refractivity contribution < 1.29 is 15.0 Å². The van der Waals surface area contributed by atoms with E-state index in [1.54, 1.807) is 18.2 Å². The zero-order valence-corrected chi connectivity index (χ0v) is 16.2. The summed E-state index contributed by atoms with van der Waals surface area (Å²) >= 11 is 0. The van der Waals surface area contributed by atoms with Gasteiger partial charge in [-0.25, -0.2) is 0 Å². The van der Waals surface area contributed by atoms with Crippen LogP contribution in [-0.4, -0.2) is 40.7 Å². The monoisotopic (exact) mass is 367 g/mol. The van der Waals surface area contributed by atoms with Crippen LogP contribution in [0.5, 0.6) is 5.75 Å². The van der Waals surface area contributed by atoms with Crippen LogP contribution in [0.1, 0.15) is 43.5 Å². The Morgan fingerprint density at radius 1 is 1.15 bits per heavy atom. The lowest BCUT2D eigenvalue weighted by atomic mass is 9.74. The molecule has 0 bridgehead atoms. The molecule has 1 heterocycles. The van der Waals surface area contributed by atoms with Gasteiger partial charge in [-0.2, -0.15) is 0 Å². The van der Waals surface area contributed by atoms with Crippen molar-refractivity contribution in [1.29, 1.82) is 0 Å². The number of hydrogen-bond donors (Lipinski definition) is 2. The number of carbonyl (C=O) groups is 1. The maximum absolute atomic E-state index is 13.0. The van der Waals surface area contributed by atoms with E-state index in [1.165, 1.54) is 0 Å². The number of nitrogens with zero attached hydrogens (tertiary/aromatic N) is 1. The number of aromatic hydroxyl groups is 1. The van der Waals surface area contributed by atoms with Gasteiger partial charge < -0.3 is 15.1 Å². The molecule has 4 nitrogen and oxygen atoms in total. The van der Waals surface area contributed by atoms with Gasteiger partial charge in [0.15, 0.2) is 0 Å². The fraction of sp³-hybridized carbons (Fsp3) is 0.435. The Hall–Kier alpha value is -2.33. The van der Waals surface area contributed by atoms with Crippen molar-refractivity contribution in [2.75, 3.05) is 19.7 Å². The summed E-state index contributed by atoms with van der Waals surface area (Å²) < 4.78 is 0. The minimum atomic E-state index is -0.177. The van der Waals surface area contributed by atoms with Crippen molar-refractivity contribution >= 4 is 5.91 Å². The molecule has 1 fully saturated rings. The second-order valence-electron chi connectivity index (χ2n) is 8.21. The quantitative estimate of drug-likeness (QED) is 0.827. The molecule has 2 aromatic rings. The van der Waals surface area contributed by atoms with Crippen LogP contribution >= 0.6 is 0 Å². The number of rotatable bonds is 5. The fourth-order valence-corrected chi connectivity index (χ4v) is 4.28. The second kappa shape index (κ2) is 8.13. The van der Waals surface area contributed by atoms with E-state index < -0.39 is 0 Å². The van der Waals surface area contributed by atoms with Gasteiger partial charge in [-0.05, 0) is 60.6 Å². The number of phenolic OH excluding ortho intramolecular Hbond substituents is 1. The highest BCUT2D eigenvalue weighted by Crippen LogP contribution is 2.36. The molecule has 2 N–H and O–H groups in total. The van der Waals surface area contributed by atoms with Crippen molar-refractivity contribution in [2.45, 2.75) is 33.1 Å². The molecular weight excluding hydrogens is 338 g/mol. The van der Waals surface area contributed by atoms with Crippen LogP contribution in [0, 0.1) is 11.3 Å². The fourth-order valence-electron chi connectivity index (χ4n) is 4.28. The van der Waals surface area contributed by atoms with Gasteiger partial charge in [0.05, 0.1) is 6.61 Å². The van der Waals surface area contributed by atoms with Crippen LogP contribution in [0.2, 0.25) is 0 Å². The van der Waals surface area contributed by atoms with Gasteiger partial charge >= 0.3 is 0 Å². The van der Waals surface area contributed by atoms with Crippen LogP contribution in [0.3, 0.4) is 0 Å². The van der Waals surface area contributed by atoms with Crippen molar-refractivity contribution in [3.63, 3.8) is 0 Å². The topological polar surface area (TPSA) is 60.8 Å². The van der Waals surface area contributed by atoms with E-state index in [-0.39, 0.29) is 23.7 Å². The molecule has 0 saturated carbocycles. The Bertz CT molecular complexity index is 784.